The molecule has 0 spiro atoms. The summed E-state index contributed by atoms with van der Waals surface area (Å²) in [6, 6.07) is 4.99. The number of carboxylic acid groups (broad SMARTS) is 1. The fraction of sp³-hybridized carbons (Fsp3) is 0.429. The topological polar surface area (TPSA) is 78.4 Å². The SMILES string of the molecule is O=C(O)c1cccc2c1NC1CCCCC1C(=O)N2. The average molecular weight is 260 g/mol. The summed E-state index contributed by atoms with van der Waals surface area (Å²) in [5.41, 5.74) is 1.32. The highest BCUT2D eigenvalue weighted by molar-refractivity contribution is 6.04. The normalized spacial score (nSPS) is 25.4. The molecule has 2 atom stereocenters. The Kier molecular flexibility index (Phi) is 2.89. The fourth-order valence-corrected chi connectivity index (χ4v) is 3.02. The molecule has 1 heterocycles. The number of anilines is 2. The van der Waals surface area contributed by atoms with Crippen molar-refractivity contribution in [2.75, 3.05) is 10.6 Å². The smallest absolute Gasteiger partial charge is 0.337 e. The molecule has 1 aromatic carbocycles. The van der Waals surface area contributed by atoms with E-state index in [-0.39, 0.29) is 23.4 Å². The van der Waals surface area contributed by atoms with Crippen LogP contribution >= 0.6 is 0 Å². The molecule has 5 heteroatoms. The van der Waals surface area contributed by atoms with Crippen LogP contribution in [0.3, 0.4) is 0 Å². The Balaban J connectivity index is 2.05. The van der Waals surface area contributed by atoms with Gasteiger partial charge in [0, 0.05) is 6.04 Å². The third kappa shape index (κ3) is 2.05. The number of amides is 1. The molecular formula is C14H16N2O3. The van der Waals surface area contributed by atoms with Gasteiger partial charge in [-0.25, -0.2) is 4.79 Å². The molecule has 5 nitrogen and oxygen atoms in total. The molecule has 0 bridgehead atoms. The van der Waals surface area contributed by atoms with Crippen molar-refractivity contribution in [1.82, 2.24) is 0 Å². The van der Waals surface area contributed by atoms with E-state index in [0.29, 0.717) is 11.4 Å². The second-order valence-corrected chi connectivity index (χ2v) is 5.16. The van der Waals surface area contributed by atoms with Crippen LogP contribution in [-0.2, 0) is 4.79 Å². The van der Waals surface area contributed by atoms with Gasteiger partial charge in [-0.1, -0.05) is 18.9 Å². The van der Waals surface area contributed by atoms with E-state index < -0.39 is 5.97 Å². The lowest BCUT2D eigenvalue weighted by Gasteiger charge is -2.29. The van der Waals surface area contributed by atoms with Gasteiger partial charge in [-0.15, -0.1) is 0 Å². The highest BCUT2D eigenvalue weighted by Crippen LogP contribution is 2.36. The van der Waals surface area contributed by atoms with Crippen molar-refractivity contribution in [3.8, 4) is 0 Å². The standard InChI is InChI=1S/C14H16N2O3/c17-13-8-4-1-2-6-10(8)15-12-9(14(18)19)5-3-7-11(12)16-13/h3,5,7-8,10,15H,1-2,4,6H2,(H,16,17)(H,18,19). The first-order valence-electron chi connectivity index (χ1n) is 6.60. The van der Waals surface area contributed by atoms with Crippen LogP contribution in [0, 0.1) is 5.92 Å². The minimum atomic E-state index is -0.979. The van der Waals surface area contributed by atoms with Crippen molar-refractivity contribution in [1.29, 1.82) is 0 Å². The number of hydrogen-bond donors (Lipinski definition) is 3. The zero-order chi connectivity index (χ0) is 13.4. The first kappa shape index (κ1) is 12.0. The number of carbonyl (C=O) groups excluding carboxylic acids is 1. The van der Waals surface area contributed by atoms with Crippen LogP contribution in [0.4, 0.5) is 11.4 Å². The largest absolute Gasteiger partial charge is 0.478 e. The first-order chi connectivity index (χ1) is 9.16. The Morgan fingerprint density at radius 2 is 2.05 bits per heavy atom. The van der Waals surface area contributed by atoms with Gasteiger partial charge in [0.15, 0.2) is 0 Å². The lowest BCUT2D eigenvalue weighted by molar-refractivity contribution is -0.120. The monoisotopic (exact) mass is 260 g/mol. The molecule has 2 aliphatic rings. The Bertz CT molecular complexity index is 541. The second kappa shape index (κ2) is 4.57. The van der Waals surface area contributed by atoms with E-state index in [1.807, 2.05) is 0 Å². The van der Waals surface area contributed by atoms with Crippen molar-refractivity contribution in [3.63, 3.8) is 0 Å². The molecule has 3 rings (SSSR count). The summed E-state index contributed by atoms with van der Waals surface area (Å²) < 4.78 is 0. The molecular weight excluding hydrogens is 244 g/mol. The number of fused-ring (bicyclic) bond motifs is 2. The van der Waals surface area contributed by atoms with Gasteiger partial charge in [-0.3, -0.25) is 4.79 Å². The minimum absolute atomic E-state index is 0.00140. The summed E-state index contributed by atoms with van der Waals surface area (Å²) in [6.07, 6.45) is 3.90. The maximum Gasteiger partial charge on any atom is 0.337 e. The molecule has 3 N–H and O–H groups in total. The van der Waals surface area contributed by atoms with E-state index in [9.17, 15) is 14.7 Å². The maximum atomic E-state index is 12.2. The van der Waals surface area contributed by atoms with Crippen LogP contribution in [0.5, 0.6) is 0 Å². The molecule has 1 aromatic rings. The molecule has 2 unspecified atom stereocenters. The van der Waals surface area contributed by atoms with Gasteiger partial charge in [0.1, 0.15) is 0 Å². The Hall–Kier alpha value is -2.04. The number of nitrogens with one attached hydrogen (secondary N) is 2. The van der Waals surface area contributed by atoms with Crippen LogP contribution < -0.4 is 10.6 Å². The lowest BCUT2D eigenvalue weighted by atomic mass is 9.84. The number of aromatic carboxylic acids is 1. The Morgan fingerprint density at radius 3 is 2.84 bits per heavy atom. The van der Waals surface area contributed by atoms with Gasteiger partial charge < -0.3 is 15.7 Å². The highest BCUT2D eigenvalue weighted by atomic mass is 16.4. The molecule has 19 heavy (non-hydrogen) atoms. The van der Waals surface area contributed by atoms with Crippen molar-refractivity contribution >= 4 is 23.3 Å². The van der Waals surface area contributed by atoms with E-state index >= 15 is 0 Å². The molecule has 1 saturated carbocycles. The molecule has 0 aromatic heterocycles. The predicted octanol–water partition coefficient (Wildman–Crippen LogP) is 2.31. The summed E-state index contributed by atoms with van der Waals surface area (Å²) in [6.45, 7) is 0. The molecule has 1 amide bonds. The van der Waals surface area contributed by atoms with Crippen LogP contribution in [0.2, 0.25) is 0 Å². The van der Waals surface area contributed by atoms with E-state index in [4.69, 9.17) is 0 Å². The van der Waals surface area contributed by atoms with Crippen LogP contribution in [-0.4, -0.2) is 23.0 Å². The van der Waals surface area contributed by atoms with Gasteiger partial charge in [-0.05, 0) is 25.0 Å². The predicted molar refractivity (Wildman–Crippen MR) is 71.4 cm³/mol. The molecule has 0 saturated heterocycles. The maximum absolute atomic E-state index is 12.2. The van der Waals surface area contributed by atoms with E-state index in [1.54, 1.807) is 18.2 Å². The zero-order valence-corrected chi connectivity index (χ0v) is 10.5. The fourth-order valence-electron chi connectivity index (χ4n) is 3.02. The average Bonchev–Trinajstić information content (AvgIpc) is 2.54. The van der Waals surface area contributed by atoms with E-state index in [0.717, 1.165) is 25.7 Å². The van der Waals surface area contributed by atoms with E-state index in [1.165, 1.54) is 0 Å². The van der Waals surface area contributed by atoms with Crippen LogP contribution in [0.25, 0.3) is 0 Å². The first-order valence-corrected chi connectivity index (χ1v) is 6.60. The lowest BCUT2D eigenvalue weighted by Crippen LogP contribution is -2.37. The summed E-state index contributed by atoms with van der Waals surface area (Å²) in [5, 5.41) is 15.4. The summed E-state index contributed by atoms with van der Waals surface area (Å²) in [4.78, 5) is 23.5. The molecule has 100 valence electrons. The molecule has 1 fully saturated rings. The zero-order valence-electron chi connectivity index (χ0n) is 10.5. The third-order valence-corrected chi connectivity index (χ3v) is 3.99. The molecule has 1 aliphatic heterocycles. The van der Waals surface area contributed by atoms with Crippen molar-refractivity contribution in [2.24, 2.45) is 5.92 Å². The number of hydrogen-bond acceptors (Lipinski definition) is 3. The molecule has 1 aliphatic carbocycles. The highest BCUT2D eigenvalue weighted by Gasteiger charge is 2.35. The van der Waals surface area contributed by atoms with Gasteiger partial charge >= 0.3 is 5.97 Å². The second-order valence-electron chi connectivity index (χ2n) is 5.16. The molecule has 0 radical (unpaired) electrons. The van der Waals surface area contributed by atoms with Gasteiger partial charge in [0.25, 0.3) is 0 Å². The minimum Gasteiger partial charge on any atom is -0.478 e. The quantitative estimate of drug-likeness (QED) is 0.724. The number of rotatable bonds is 1. The number of benzene rings is 1. The number of para-hydroxylation sites is 1. The van der Waals surface area contributed by atoms with Crippen LogP contribution in [0.15, 0.2) is 18.2 Å². The number of carbonyl (C=O) groups is 2. The number of carboxylic acids is 1. The van der Waals surface area contributed by atoms with Gasteiger partial charge in [0.05, 0.1) is 22.9 Å². The van der Waals surface area contributed by atoms with Gasteiger partial charge in [0.2, 0.25) is 5.91 Å². The third-order valence-electron chi connectivity index (χ3n) is 3.99. The van der Waals surface area contributed by atoms with Crippen molar-refractivity contribution in [3.05, 3.63) is 23.8 Å². The van der Waals surface area contributed by atoms with Crippen molar-refractivity contribution in [2.45, 2.75) is 31.7 Å². The Morgan fingerprint density at radius 1 is 1.26 bits per heavy atom. The van der Waals surface area contributed by atoms with E-state index in [2.05, 4.69) is 10.6 Å². The Labute approximate surface area is 111 Å². The summed E-state index contributed by atoms with van der Waals surface area (Å²) in [7, 11) is 0. The van der Waals surface area contributed by atoms with Crippen LogP contribution in [0.1, 0.15) is 36.0 Å². The summed E-state index contributed by atoms with van der Waals surface area (Å²) >= 11 is 0. The van der Waals surface area contributed by atoms with Gasteiger partial charge in [-0.2, -0.15) is 0 Å². The van der Waals surface area contributed by atoms with Crippen molar-refractivity contribution < 1.29 is 14.7 Å². The summed E-state index contributed by atoms with van der Waals surface area (Å²) in [5.74, 6) is -1.05.